The van der Waals surface area contributed by atoms with Gasteiger partial charge in [0.1, 0.15) is 6.33 Å². The molecule has 90 valence electrons. The zero-order chi connectivity index (χ0) is 13.0. The number of aromatic nitrogens is 3. The van der Waals surface area contributed by atoms with Crippen molar-refractivity contribution in [2.24, 2.45) is 0 Å². The molecule has 0 bridgehead atoms. The normalized spacial score (nSPS) is 11.3. The number of allylic oxidation sites excluding steroid dienone is 1. The Morgan fingerprint density at radius 1 is 1.11 bits per heavy atom. The van der Waals surface area contributed by atoms with Gasteiger partial charge in [-0.05, 0) is 24.1 Å². The number of aliphatic carboxylic acids is 1. The highest BCUT2D eigenvalue weighted by Crippen LogP contribution is 2.21. The van der Waals surface area contributed by atoms with Crippen molar-refractivity contribution in [1.82, 2.24) is 15.0 Å². The highest BCUT2D eigenvalue weighted by atomic mass is 16.4. The molecule has 0 aliphatic rings. The van der Waals surface area contributed by atoms with Gasteiger partial charge in [-0.25, -0.2) is 14.8 Å². The Labute approximate surface area is 104 Å². The van der Waals surface area contributed by atoms with Gasteiger partial charge in [0.25, 0.3) is 0 Å². The molecule has 18 heavy (non-hydrogen) atoms. The van der Waals surface area contributed by atoms with E-state index in [0.717, 1.165) is 22.8 Å². The molecule has 5 nitrogen and oxygen atoms in total. The van der Waals surface area contributed by atoms with Crippen LogP contribution in [0.25, 0.3) is 16.7 Å². The maximum absolute atomic E-state index is 10.6. The van der Waals surface area contributed by atoms with Gasteiger partial charge < -0.3 is 5.11 Å². The van der Waals surface area contributed by atoms with E-state index in [4.69, 9.17) is 5.11 Å². The standard InChI is InChI=1S/C13H11N3O2/c1-9(2-13(17)18)10-3-11(5-14-4-10)12-6-15-8-16-7-12/h2-8H,1H3,(H,17,18)/b9-2+. The number of rotatable bonds is 3. The van der Waals surface area contributed by atoms with Crippen molar-refractivity contribution in [2.45, 2.75) is 6.92 Å². The molecule has 0 fully saturated rings. The minimum atomic E-state index is -0.971. The first-order valence-corrected chi connectivity index (χ1v) is 5.29. The molecule has 0 aliphatic heterocycles. The maximum atomic E-state index is 10.6. The molecular weight excluding hydrogens is 230 g/mol. The quantitative estimate of drug-likeness (QED) is 0.832. The van der Waals surface area contributed by atoms with Crippen molar-refractivity contribution in [1.29, 1.82) is 0 Å². The lowest BCUT2D eigenvalue weighted by Crippen LogP contribution is -1.92. The minimum absolute atomic E-state index is 0.647. The first-order valence-electron chi connectivity index (χ1n) is 5.29. The van der Waals surface area contributed by atoms with Gasteiger partial charge >= 0.3 is 5.97 Å². The highest BCUT2D eigenvalue weighted by Gasteiger charge is 2.03. The SMILES string of the molecule is C/C(=C\C(=O)O)c1cncc(-c2cncnc2)c1. The molecule has 0 unspecified atom stereocenters. The van der Waals surface area contributed by atoms with Crippen LogP contribution in [0.3, 0.4) is 0 Å². The molecule has 0 saturated heterocycles. The summed E-state index contributed by atoms with van der Waals surface area (Å²) in [5.74, 6) is -0.971. The number of carbonyl (C=O) groups is 1. The van der Waals surface area contributed by atoms with E-state index in [2.05, 4.69) is 15.0 Å². The molecule has 0 amide bonds. The summed E-state index contributed by atoms with van der Waals surface area (Å²) in [6.07, 6.45) is 9.30. The van der Waals surface area contributed by atoms with Gasteiger partial charge in [-0.15, -0.1) is 0 Å². The van der Waals surface area contributed by atoms with Crippen LogP contribution in [0.15, 0.2) is 43.3 Å². The second kappa shape index (κ2) is 5.18. The van der Waals surface area contributed by atoms with E-state index in [1.807, 2.05) is 6.07 Å². The number of carboxylic acids is 1. The fraction of sp³-hybridized carbons (Fsp3) is 0.0769. The zero-order valence-corrected chi connectivity index (χ0v) is 9.74. The number of pyridine rings is 1. The highest BCUT2D eigenvalue weighted by molar-refractivity contribution is 5.89. The van der Waals surface area contributed by atoms with Crippen LogP contribution in [0.1, 0.15) is 12.5 Å². The molecule has 1 N–H and O–H groups in total. The Morgan fingerprint density at radius 3 is 2.44 bits per heavy atom. The summed E-state index contributed by atoms with van der Waals surface area (Å²) in [5.41, 5.74) is 3.11. The molecule has 0 saturated carbocycles. The topological polar surface area (TPSA) is 76.0 Å². The summed E-state index contributed by atoms with van der Waals surface area (Å²) in [4.78, 5) is 22.6. The lowest BCUT2D eigenvalue weighted by Gasteiger charge is -2.04. The van der Waals surface area contributed by atoms with Gasteiger partial charge in [-0.3, -0.25) is 4.98 Å². The van der Waals surface area contributed by atoms with E-state index < -0.39 is 5.97 Å². The molecule has 2 rings (SSSR count). The third kappa shape index (κ3) is 2.76. The third-order valence-corrected chi connectivity index (χ3v) is 2.43. The van der Waals surface area contributed by atoms with Crippen LogP contribution < -0.4 is 0 Å². The number of nitrogens with zero attached hydrogens (tertiary/aromatic N) is 3. The van der Waals surface area contributed by atoms with Crippen molar-refractivity contribution < 1.29 is 9.90 Å². The predicted molar refractivity (Wildman–Crippen MR) is 66.5 cm³/mol. The maximum Gasteiger partial charge on any atom is 0.328 e. The van der Waals surface area contributed by atoms with Crippen molar-refractivity contribution in [3.8, 4) is 11.1 Å². The first kappa shape index (κ1) is 11.9. The van der Waals surface area contributed by atoms with Crippen LogP contribution in [0.2, 0.25) is 0 Å². The molecule has 2 heterocycles. The smallest absolute Gasteiger partial charge is 0.328 e. The average Bonchev–Trinajstić information content (AvgIpc) is 2.39. The van der Waals surface area contributed by atoms with Crippen LogP contribution >= 0.6 is 0 Å². The van der Waals surface area contributed by atoms with Crippen LogP contribution in [-0.4, -0.2) is 26.0 Å². The fourth-order valence-corrected chi connectivity index (χ4v) is 1.53. The lowest BCUT2D eigenvalue weighted by atomic mass is 10.0. The molecular formula is C13H11N3O2. The van der Waals surface area contributed by atoms with Crippen LogP contribution in [0.5, 0.6) is 0 Å². The summed E-state index contributed by atoms with van der Waals surface area (Å²) < 4.78 is 0. The molecule has 0 aromatic carbocycles. The molecule has 5 heteroatoms. The fourth-order valence-electron chi connectivity index (χ4n) is 1.53. The van der Waals surface area contributed by atoms with Crippen LogP contribution in [0.4, 0.5) is 0 Å². The Bertz CT molecular complexity index is 594. The van der Waals surface area contributed by atoms with Crippen molar-refractivity contribution in [3.05, 3.63) is 48.8 Å². The molecule has 2 aromatic rings. The average molecular weight is 241 g/mol. The Balaban J connectivity index is 2.40. The molecule has 0 radical (unpaired) electrons. The number of hydrogen-bond acceptors (Lipinski definition) is 4. The van der Waals surface area contributed by atoms with Gasteiger partial charge in [-0.1, -0.05) is 0 Å². The largest absolute Gasteiger partial charge is 0.478 e. The van der Waals surface area contributed by atoms with Crippen molar-refractivity contribution >= 4 is 11.5 Å². The first-order chi connectivity index (χ1) is 8.66. The summed E-state index contributed by atoms with van der Waals surface area (Å²) in [7, 11) is 0. The zero-order valence-electron chi connectivity index (χ0n) is 9.74. The van der Waals surface area contributed by atoms with E-state index in [1.165, 1.54) is 6.33 Å². The van der Waals surface area contributed by atoms with E-state index >= 15 is 0 Å². The van der Waals surface area contributed by atoms with E-state index in [-0.39, 0.29) is 0 Å². The van der Waals surface area contributed by atoms with Gasteiger partial charge in [0, 0.05) is 42.0 Å². The van der Waals surface area contributed by atoms with Gasteiger partial charge in [0.15, 0.2) is 0 Å². The van der Waals surface area contributed by atoms with Gasteiger partial charge in [0.2, 0.25) is 0 Å². The molecule has 2 aromatic heterocycles. The third-order valence-electron chi connectivity index (χ3n) is 2.43. The van der Waals surface area contributed by atoms with E-state index in [0.29, 0.717) is 5.57 Å². The summed E-state index contributed by atoms with van der Waals surface area (Å²) in [6.45, 7) is 1.73. The predicted octanol–water partition coefficient (Wildman–Crippen LogP) is 2.03. The Morgan fingerprint density at radius 2 is 1.78 bits per heavy atom. The molecule has 0 atom stereocenters. The van der Waals surface area contributed by atoms with Gasteiger partial charge in [0.05, 0.1) is 0 Å². The van der Waals surface area contributed by atoms with Crippen molar-refractivity contribution in [3.63, 3.8) is 0 Å². The summed E-state index contributed by atoms with van der Waals surface area (Å²) >= 11 is 0. The van der Waals surface area contributed by atoms with E-state index in [1.54, 1.807) is 31.7 Å². The monoisotopic (exact) mass is 241 g/mol. The Kier molecular flexibility index (Phi) is 3.43. The molecule has 0 spiro atoms. The number of carboxylic acid groups (broad SMARTS) is 1. The van der Waals surface area contributed by atoms with Crippen LogP contribution in [-0.2, 0) is 4.79 Å². The van der Waals surface area contributed by atoms with E-state index in [9.17, 15) is 4.79 Å². The van der Waals surface area contributed by atoms with Gasteiger partial charge in [-0.2, -0.15) is 0 Å². The Hall–Kier alpha value is -2.56. The lowest BCUT2D eigenvalue weighted by molar-refractivity contribution is -0.131. The molecule has 0 aliphatic carbocycles. The summed E-state index contributed by atoms with van der Waals surface area (Å²) in [5, 5.41) is 8.71. The van der Waals surface area contributed by atoms with Crippen LogP contribution in [0, 0.1) is 0 Å². The van der Waals surface area contributed by atoms with Crippen molar-refractivity contribution in [2.75, 3.05) is 0 Å². The minimum Gasteiger partial charge on any atom is -0.478 e. The summed E-state index contributed by atoms with van der Waals surface area (Å²) in [6, 6.07) is 1.86. The number of hydrogen-bond donors (Lipinski definition) is 1. The second-order valence-corrected chi connectivity index (χ2v) is 3.76. The second-order valence-electron chi connectivity index (χ2n) is 3.76.